The number of alkyl halides is 3. The molecule has 0 amide bonds. The summed E-state index contributed by atoms with van der Waals surface area (Å²) in [5.41, 5.74) is 0. The molecule has 106 valence electrons. The first-order valence-corrected chi connectivity index (χ1v) is 8.83. The van der Waals surface area contributed by atoms with E-state index in [0.717, 1.165) is 5.75 Å². The molecule has 0 saturated heterocycles. The van der Waals surface area contributed by atoms with Gasteiger partial charge in [-0.05, 0) is 34.7 Å². The maximum absolute atomic E-state index is 12.6. The highest BCUT2D eigenvalue weighted by molar-refractivity contribution is 9.10. The monoisotopic (exact) mass is 349 g/mol. The third kappa shape index (κ3) is 5.15. The molecule has 4 nitrogen and oxygen atoms in total. The molecule has 1 aromatic heterocycles. The van der Waals surface area contributed by atoms with Crippen molar-refractivity contribution in [1.82, 2.24) is 14.8 Å². The van der Waals surface area contributed by atoms with Gasteiger partial charge in [0.05, 0.1) is 6.61 Å². The Kier molecular flexibility index (Phi) is 5.07. The molecule has 0 aromatic carbocycles. The van der Waals surface area contributed by atoms with E-state index in [-0.39, 0.29) is 11.5 Å². The molecule has 0 aliphatic heterocycles. The first-order valence-electron chi connectivity index (χ1n) is 5.01. The summed E-state index contributed by atoms with van der Waals surface area (Å²) < 4.78 is 43.5. The van der Waals surface area contributed by atoms with Crippen molar-refractivity contribution in [3.63, 3.8) is 0 Å². The number of nitrogens with zero attached hydrogens (tertiary/aromatic N) is 3. The van der Waals surface area contributed by atoms with Crippen molar-refractivity contribution < 1.29 is 17.9 Å². The third-order valence-corrected chi connectivity index (χ3v) is 3.68. The normalized spacial score (nSPS) is 13.9. The summed E-state index contributed by atoms with van der Waals surface area (Å²) >= 11 is 2.82. The standard InChI is InChI=1S/C9H15BrF3N3OS/c1-18(2,3)5-4-17-6-16-7(9(11,12)13)14-8(10)15-16/h4-6H2,1-3H3. The molecule has 1 heterocycles. The highest BCUT2D eigenvalue weighted by Gasteiger charge is 2.37. The smallest absolute Gasteiger partial charge is 0.358 e. The molecule has 0 N–H and O–H groups in total. The van der Waals surface area contributed by atoms with Crippen LogP contribution in [0.4, 0.5) is 13.2 Å². The van der Waals surface area contributed by atoms with Gasteiger partial charge in [-0.3, -0.25) is 0 Å². The van der Waals surface area contributed by atoms with E-state index < -0.39 is 22.0 Å². The Morgan fingerprint density at radius 3 is 2.44 bits per heavy atom. The Hall–Kier alpha value is -0.280. The van der Waals surface area contributed by atoms with Crippen LogP contribution < -0.4 is 0 Å². The summed E-state index contributed by atoms with van der Waals surface area (Å²) in [6.45, 7) is 0.163. The van der Waals surface area contributed by atoms with E-state index in [0.29, 0.717) is 11.3 Å². The van der Waals surface area contributed by atoms with Gasteiger partial charge in [-0.1, -0.05) is 0 Å². The van der Waals surface area contributed by atoms with Crippen LogP contribution in [-0.4, -0.2) is 45.9 Å². The summed E-state index contributed by atoms with van der Waals surface area (Å²) in [6, 6.07) is 0. The van der Waals surface area contributed by atoms with E-state index in [4.69, 9.17) is 4.74 Å². The van der Waals surface area contributed by atoms with Crippen LogP contribution >= 0.6 is 26.0 Å². The molecular weight excluding hydrogens is 335 g/mol. The lowest BCUT2D eigenvalue weighted by Crippen LogP contribution is -2.18. The first-order chi connectivity index (χ1) is 8.09. The van der Waals surface area contributed by atoms with Gasteiger partial charge in [0.2, 0.25) is 10.6 Å². The number of halogens is 4. The van der Waals surface area contributed by atoms with Gasteiger partial charge in [0.1, 0.15) is 6.73 Å². The average Bonchev–Trinajstić information content (AvgIpc) is 2.52. The molecule has 1 aromatic rings. The molecule has 0 aliphatic carbocycles. The van der Waals surface area contributed by atoms with Crippen LogP contribution in [0.3, 0.4) is 0 Å². The van der Waals surface area contributed by atoms with Gasteiger partial charge < -0.3 is 4.74 Å². The molecule has 0 saturated carbocycles. The van der Waals surface area contributed by atoms with Crippen LogP contribution in [0.2, 0.25) is 0 Å². The molecular formula is C9H15BrF3N3OS. The number of hydrogen-bond acceptors (Lipinski definition) is 3. The second kappa shape index (κ2) is 5.79. The Balaban J connectivity index is 2.58. The topological polar surface area (TPSA) is 39.9 Å². The molecule has 1 rings (SSSR count). The number of hydrogen-bond donors (Lipinski definition) is 0. The van der Waals surface area contributed by atoms with Crippen molar-refractivity contribution in [2.24, 2.45) is 0 Å². The third-order valence-electron chi connectivity index (χ3n) is 1.95. The zero-order valence-corrected chi connectivity index (χ0v) is 12.7. The van der Waals surface area contributed by atoms with Crippen LogP contribution in [0, 0.1) is 0 Å². The van der Waals surface area contributed by atoms with Crippen molar-refractivity contribution in [2.75, 3.05) is 31.1 Å². The second-order valence-electron chi connectivity index (χ2n) is 4.53. The quantitative estimate of drug-likeness (QED) is 0.767. The minimum absolute atomic E-state index is 0.0973. The van der Waals surface area contributed by atoms with Crippen LogP contribution in [-0.2, 0) is 17.6 Å². The molecule has 0 spiro atoms. The van der Waals surface area contributed by atoms with Gasteiger partial charge in [-0.25, -0.2) is 14.7 Å². The summed E-state index contributed by atoms with van der Waals surface area (Å²) in [7, 11) is -0.714. The Morgan fingerprint density at radius 1 is 1.33 bits per heavy atom. The van der Waals surface area contributed by atoms with Gasteiger partial charge in [-0.2, -0.15) is 18.2 Å². The van der Waals surface area contributed by atoms with Gasteiger partial charge >= 0.3 is 6.18 Å². The largest absolute Gasteiger partial charge is 0.451 e. The van der Waals surface area contributed by atoms with Gasteiger partial charge in [0.25, 0.3) is 0 Å². The summed E-state index contributed by atoms with van der Waals surface area (Å²) in [5, 5.41) is 3.60. The van der Waals surface area contributed by atoms with Crippen molar-refractivity contribution in [3.05, 3.63) is 10.6 Å². The van der Waals surface area contributed by atoms with E-state index in [1.54, 1.807) is 0 Å². The minimum Gasteiger partial charge on any atom is -0.358 e. The van der Waals surface area contributed by atoms with Crippen LogP contribution in [0.5, 0.6) is 0 Å². The first kappa shape index (κ1) is 15.8. The predicted octanol–water partition coefficient (Wildman–Crippen LogP) is 2.73. The summed E-state index contributed by atoms with van der Waals surface area (Å²) in [5.74, 6) is -0.220. The maximum atomic E-state index is 12.6. The molecule has 0 bridgehead atoms. The molecule has 9 heteroatoms. The lowest BCUT2D eigenvalue weighted by atomic mass is 10.6. The van der Waals surface area contributed by atoms with E-state index in [1.165, 1.54) is 0 Å². The maximum Gasteiger partial charge on any atom is 0.451 e. The molecule has 0 fully saturated rings. The van der Waals surface area contributed by atoms with E-state index in [9.17, 15) is 13.2 Å². The molecule has 0 aliphatic rings. The van der Waals surface area contributed by atoms with Crippen molar-refractivity contribution in [3.8, 4) is 0 Å². The highest BCUT2D eigenvalue weighted by atomic mass is 79.9. The number of aromatic nitrogens is 3. The number of rotatable bonds is 5. The van der Waals surface area contributed by atoms with Crippen molar-refractivity contribution >= 4 is 26.0 Å². The Morgan fingerprint density at radius 2 is 1.94 bits per heavy atom. The second-order valence-corrected chi connectivity index (χ2v) is 9.83. The van der Waals surface area contributed by atoms with E-state index in [1.807, 2.05) is 0 Å². The Bertz CT molecular complexity index is 403. The van der Waals surface area contributed by atoms with Gasteiger partial charge in [0.15, 0.2) is 0 Å². The molecule has 18 heavy (non-hydrogen) atoms. The minimum atomic E-state index is -4.53. The van der Waals surface area contributed by atoms with Crippen molar-refractivity contribution in [2.45, 2.75) is 12.9 Å². The Labute approximate surface area is 113 Å². The summed E-state index contributed by atoms with van der Waals surface area (Å²) in [4.78, 5) is 3.28. The SMILES string of the molecule is CS(C)(C)CCOCn1nc(Br)nc1C(F)(F)F. The molecule has 0 radical (unpaired) electrons. The molecule has 0 atom stereocenters. The number of ether oxygens (including phenoxy) is 1. The highest BCUT2D eigenvalue weighted by Crippen LogP contribution is 2.33. The van der Waals surface area contributed by atoms with Crippen molar-refractivity contribution in [1.29, 1.82) is 0 Å². The van der Waals surface area contributed by atoms with E-state index >= 15 is 0 Å². The fourth-order valence-electron chi connectivity index (χ4n) is 1.07. The average molecular weight is 350 g/mol. The zero-order valence-electron chi connectivity index (χ0n) is 10.3. The van der Waals surface area contributed by atoms with E-state index in [2.05, 4.69) is 44.8 Å². The summed E-state index contributed by atoms with van der Waals surface area (Å²) in [6.07, 6.45) is 1.81. The fourth-order valence-corrected chi connectivity index (χ4v) is 2.05. The van der Waals surface area contributed by atoms with Crippen LogP contribution in [0.1, 0.15) is 5.82 Å². The predicted molar refractivity (Wildman–Crippen MR) is 68.9 cm³/mol. The fraction of sp³-hybridized carbons (Fsp3) is 0.778. The van der Waals surface area contributed by atoms with Gasteiger partial charge in [0, 0.05) is 5.75 Å². The van der Waals surface area contributed by atoms with Gasteiger partial charge in [-0.15, -0.1) is 5.10 Å². The lowest BCUT2D eigenvalue weighted by Gasteiger charge is -2.24. The lowest BCUT2D eigenvalue weighted by molar-refractivity contribution is -0.150. The zero-order chi connectivity index (χ0) is 14.0. The molecule has 0 unspecified atom stereocenters. The van der Waals surface area contributed by atoms with Crippen LogP contribution in [0.25, 0.3) is 0 Å². The van der Waals surface area contributed by atoms with Crippen LogP contribution in [0.15, 0.2) is 4.73 Å².